The van der Waals surface area contributed by atoms with Gasteiger partial charge < -0.3 is 4.90 Å². The summed E-state index contributed by atoms with van der Waals surface area (Å²) in [6.07, 6.45) is 3.41. The quantitative estimate of drug-likeness (QED) is 0.321. The Balaban J connectivity index is 1.48. The predicted octanol–water partition coefficient (Wildman–Crippen LogP) is 3.74. The fourth-order valence-corrected chi connectivity index (χ4v) is 6.17. The van der Waals surface area contributed by atoms with E-state index in [1.165, 1.54) is 21.9 Å². The molecule has 4 heterocycles. The van der Waals surface area contributed by atoms with E-state index in [4.69, 9.17) is 0 Å². The van der Waals surface area contributed by atoms with Crippen LogP contribution in [0.4, 0.5) is 0 Å². The Morgan fingerprint density at radius 1 is 0.875 bits per heavy atom. The molecule has 172 valence electrons. The second kappa shape index (κ2) is 10.9. The lowest BCUT2D eigenvalue weighted by atomic mass is 10.2. The molecule has 0 radical (unpaired) electrons. The number of rotatable bonds is 8. The summed E-state index contributed by atoms with van der Waals surface area (Å²) < 4.78 is 3.51. The van der Waals surface area contributed by atoms with E-state index in [1.807, 2.05) is 18.3 Å². The van der Waals surface area contributed by atoms with Crippen molar-refractivity contribution in [2.75, 3.05) is 39.3 Å². The van der Waals surface area contributed by atoms with Gasteiger partial charge in [-0.2, -0.15) is 0 Å². The number of thiophene rings is 2. The topological polar surface area (TPSA) is 47.1 Å². The van der Waals surface area contributed by atoms with Crippen LogP contribution in [0.1, 0.15) is 23.6 Å². The van der Waals surface area contributed by atoms with E-state index in [1.54, 1.807) is 31.3 Å². The Hall–Kier alpha value is -1.81. The Kier molecular flexibility index (Phi) is 7.93. The molecular weight excluding hydrogens is 460 g/mol. The third-order valence-corrected chi connectivity index (χ3v) is 8.75. The molecule has 2 amide bonds. The smallest absolute Gasteiger partial charge is 0.272 e. The van der Waals surface area contributed by atoms with Crippen molar-refractivity contribution in [3.05, 3.63) is 56.6 Å². The van der Waals surface area contributed by atoms with Crippen LogP contribution in [0.5, 0.6) is 0 Å². The van der Waals surface area contributed by atoms with Gasteiger partial charge in [0.2, 0.25) is 0 Å². The molecule has 2 aliphatic rings. The first-order chi connectivity index (χ1) is 15.5. The van der Waals surface area contributed by atoms with Gasteiger partial charge in [0.15, 0.2) is 0 Å². The van der Waals surface area contributed by atoms with Crippen LogP contribution in [0, 0.1) is 0 Å². The molecular formula is C23H30N4O2S3. The second-order valence-corrected chi connectivity index (χ2v) is 11.4. The molecule has 0 spiro atoms. The molecule has 2 fully saturated rings. The zero-order valence-corrected chi connectivity index (χ0v) is 21.1. The third kappa shape index (κ3) is 5.75. The van der Waals surface area contributed by atoms with Crippen molar-refractivity contribution >= 4 is 46.6 Å². The molecule has 2 aromatic rings. The molecule has 32 heavy (non-hydrogen) atoms. The van der Waals surface area contributed by atoms with Crippen molar-refractivity contribution in [3.63, 3.8) is 0 Å². The van der Waals surface area contributed by atoms with Gasteiger partial charge in [-0.1, -0.05) is 12.1 Å². The highest BCUT2D eigenvalue weighted by Gasteiger charge is 2.37. The number of nitrogens with zero attached hydrogens (tertiary/aromatic N) is 4. The van der Waals surface area contributed by atoms with Crippen LogP contribution < -0.4 is 0 Å². The van der Waals surface area contributed by atoms with Gasteiger partial charge in [0.1, 0.15) is 5.57 Å². The van der Waals surface area contributed by atoms with Crippen LogP contribution in [-0.2, 0) is 22.4 Å². The Morgan fingerprint density at radius 2 is 1.41 bits per heavy atom. The normalized spacial score (nSPS) is 18.2. The third-order valence-electron chi connectivity index (χ3n) is 5.78. The molecule has 6 nitrogen and oxygen atoms in total. The molecule has 2 aromatic heterocycles. The van der Waals surface area contributed by atoms with Gasteiger partial charge >= 0.3 is 0 Å². The summed E-state index contributed by atoms with van der Waals surface area (Å²) in [5.41, 5.74) is 0.291. The van der Waals surface area contributed by atoms with E-state index in [0.29, 0.717) is 24.7 Å². The Bertz CT molecular complexity index is 861. The number of hydrogen-bond acceptors (Lipinski definition) is 7. The molecule has 0 aromatic carbocycles. The minimum atomic E-state index is -0.171. The highest BCUT2D eigenvalue weighted by atomic mass is 32.2. The SMILES string of the molecule is CC(C)N1CCN(C=C2C(=O)N(CCc3cccs3)SN(CCc3cccs3)C2=O)CC1. The van der Waals surface area contributed by atoms with Gasteiger partial charge in [-0.3, -0.25) is 23.1 Å². The minimum Gasteiger partial charge on any atom is -0.374 e. The number of hydrogen-bond donors (Lipinski definition) is 0. The van der Waals surface area contributed by atoms with E-state index in [2.05, 4.69) is 46.5 Å². The highest BCUT2D eigenvalue weighted by molar-refractivity contribution is 7.96. The van der Waals surface area contributed by atoms with Gasteiger partial charge in [-0.15, -0.1) is 22.7 Å². The summed E-state index contributed by atoms with van der Waals surface area (Å²) >= 11 is 4.67. The minimum absolute atomic E-state index is 0.171. The molecule has 0 N–H and O–H groups in total. The maximum Gasteiger partial charge on any atom is 0.272 e. The fraction of sp³-hybridized carbons (Fsp3) is 0.478. The molecule has 9 heteroatoms. The first-order valence-electron chi connectivity index (χ1n) is 11.1. The van der Waals surface area contributed by atoms with Crippen LogP contribution >= 0.6 is 34.8 Å². The molecule has 4 rings (SSSR count). The summed E-state index contributed by atoms with van der Waals surface area (Å²) in [6, 6.07) is 8.76. The maximum atomic E-state index is 13.3. The maximum absolute atomic E-state index is 13.3. The van der Waals surface area contributed by atoms with E-state index in [9.17, 15) is 9.59 Å². The molecule has 0 bridgehead atoms. The van der Waals surface area contributed by atoms with E-state index < -0.39 is 0 Å². The van der Waals surface area contributed by atoms with E-state index in [0.717, 1.165) is 39.0 Å². The summed E-state index contributed by atoms with van der Waals surface area (Å²) in [7, 11) is 0. The van der Waals surface area contributed by atoms with Crippen molar-refractivity contribution in [2.45, 2.75) is 32.7 Å². The molecule has 0 atom stereocenters. The molecule has 0 saturated carbocycles. The largest absolute Gasteiger partial charge is 0.374 e. The number of piperazine rings is 1. The number of carbonyl (C=O) groups is 2. The Labute approximate surface area is 202 Å². The predicted molar refractivity (Wildman–Crippen MR) is 133 cm³/mol. The van der Waals surface area contributed by atoms with Crippen LogP contribution in [0.2, 0.25) is 0 Å². The highest BCUT2D eigenvalue weighted by Crippen LogP contribution is 2.29. The molecule has 0 unspecified atom stereocenters. The summed E-state index contributed by atoms with van der Waals surface area (Å²) in [5.74, 6) is -0.342. The zero-order chi connectivity index (χ0) is 22.5. The molecule has 2 saturated heterocycles. The van der Waals surface area contributed by atoms with Crippen LogP contribution in [0.3, 0.4) is 0 Å². The van der Waals surface area contributed by atoms with Crippen LogP contribution in [0.15, 0.2) is 46.8 Å². The standard InChI is InChI=1S/C23H30N4O2S3/c1-18(2)25-13-11-24(12-14-25)17-21-22(28)26(9-7-19-5-3-15-30-19)32-27(23(21)29)10-8-20-6-4-16-31-20/h3-6,15-18H,7-14H2,1-2H3. The lowest BCUT2D eigenvalue weighted by Gasteiger charge is -2.38. The summed E-state index contributed by atoms with van der Waals surface area (Å²) in [4.78, 5) is 33.6. The zero-order valence-electron chi connectivity index (χ0n) is 18.6. The average Bonchev–Trinajstić information content (AvgIpc) is 3.50. The first-order valence-corrected chi connectivity index (χ1v) is 13.6. The van der Waals surface area contributed by atoms with Crippen molar-refractivity contribution in [1.82, 2.24) is 18.4 Å². The van der Waals surface area contributed by atoms with Gasteiger partial charge in [-0.05, 0) is 36.7 Å². The molecule has 0 aliphatic carbocycles. The van der Waals surface area contributed by atoms with Crippen molar-refractivity contribution < 1.29 is 9.59 Å². The van der Waals surface area contributed by atoms with Gasteiger partial charge in [-0.25, -0.2) is 0 Å². The molecule has 2 aliphatic heterocycles. The van der Waals surface area contributed by atoms with Crippen molar-refractivity contribution in [2.24, 2.45) is 0 Å². The lowest BCUT2D eigenvalue weighted by molar-refractivity contribution is -0.131. The van der Waals surface area contributed by atoms with Crippen molar-refractivity contribution in [3.8, 4) is 0 Å². The number of carbonyl (C=O) groups excluding carboxylic acids is 2. The summed E-state index contributed by atoms with van der Waals surface area (Å²) in [5, 5.41) is 4.11. The van der Waals surface area contributed by atoms with Gasteiger partial charge in [0.25, 0.3) is 11.8 Å². The first kappa shape index (κ1) is 23.4. The second-order valence-electron chi connectivity index (χ2n) is 8.26. The van der Waals surface area contributed by atoms with Crippen molar-refractivity contribution in [1.29, 1.82) is 0 Å². The van der Waals surface area contributed by atoms with Crippen LogP contribution in [0.25, 0.3) is 0 Å². The Morgan fingerprint density at radius 3 is 1.84 bits per heavy atom. The fourth-order valence-electron chi connectivity index (χ4n) is 3.85. The van der Waals surface area contributed by atoms with E-state index >= 15 is 0 Å². The van der Waals surface area contributed by atoms with Gasteiger partial charge in [0, 0.05) is 74.1 Å². The van der Waals surface area contributed by atoms with Crippen LogP contribution in [-0.4, -0.2) is 75.5 Å². The van der Waals surface area contributed by atoms with Gasteiger partial charge in [0.05, 0.1) is 12.1 Å². The summed E-state index contributed by atoms with van der Waals surface area (Å²) in [6.45, 7) is 9.15. The van der Waals surface area contributed by atoms with E-state index in [-0.39, 0.29) is 11.8 Å². The lowest BCUT2D eigenvalue weighted by Crippen LogP contribution is -2.49. The average molecular weight is 491 g/mol. The number of amides is 2. The monoisotopic (exact) mass is 490 g/mol.